The summed E-state index contributed by atoms with van der Waals surface area (Å²) in [4.78, 5) is 0. The van der Waals surface area contributed by atoms with Gasteiger partial charge < -0.3 is 10.2 Å². The molecule has 0 amide bonds. The van der Waals surface area contributed by atoms with E-state index in [1.54, 1.807) is 24.3 Å². The van der Waals surface area contributed by atoms with Gasteiger partial charge in [-0.3, -0.25) is 0 Å². The van der Waals surface area contributed by atoms with E-state index >= 15 is 0 Å². The number of aryl methyl sites for hydroxylation is 1. The number of alkyl halides is 5. The molecule has 0 radical (unpaired) electrons. The maximum Gasteiger partial charge on any atom is 0.266 e. The van der Waals surface area contributed by atoms with E-state index in [9.17, 15) is 0 Å². The van der Waals surface area contributed by atoms with Gasteiger partial charge in [-0.15, -0.1) is 0 Å². The number of rotatable bonds is 1. The molecule has 2 aromatic carbocycles. The highest BCUT2D eigenvalue weighted by Crippen LogP contribution is 2.29. The molecule has 2 nitrogen and oxygen atoms in total. The first-order chi connectivity index (χ1) is 10.1. The van der Waals surface area contributed by atoms with Crippen LogP contribution in [0.15, 0.2) is 48.5 Å². The maximum absolute atomic E-state index is 8.84. The highest BCUT2D eigenvalue weighted by atomic mass is 79.9. The molecule has 0 bridgehead atoms. The fraction of sp³-hybridized carbons (Fsp3) is 0.200. The minimum atomic E-state index is -1.61. The number of halogens is 5. The standard InChI is InChI=1S/C7H7BrO.C7H8O.CCl4/c8-5-6-1-3-7(9)4-2-6;1-6-2-4-7(8)5-3-6;2-1(3,4)5/h1-4,9H,5H2;2-5,8H,1H3;. The Balaban J connectivity index is 0.000000315. The molecular weight excluding hydrogens is 434 g/mol. The third kappa shape index (κ3) is 14.6. The molecular formula is C15H15BrCl4O2. The van der Waals surface area contributed by atoms with Crippen molar-refractivity contribution < 1.29 is 10.2 Å². The second-order valence-corrected chi connectivity index (χ2v) is 8.05. The summed E-state index contributed by atoms with van der Waals surface area (Å²) in [6.45, 7) is 1.99. The van der Waals surface area contributed by atoms with E-state index in [4.69, 9.17) is 56.6 Å². The minimum Gasteiger partial charge on any atom is -0.508 e. The van der Waals surface area contributed by atoms with Crippen LogP contribution < -0.4 is 0 Å². The van der Waals surface area contributed by atoms with Gasteiger partial charge in [0.25, 0.3) is 3.25 Å². The Bertz CT molecular complexity index is 498. The Labute approximate surface area is 158 Å². The highest BCUT2D eigenvalue weighted by Gasteiger charge is 2.11. The van der Waals surface area contributed by atoms with Gasteiger partial charge in [-0.1, -0.05) is 92.2 Å². The van der Waals surface area contributed by atoms with E-state index in [1.165, 1.54) is 11.1 Å². The first-order valence-corrected chi connectivity index (χ1v) is 8.60. The molecule has 0 saturated carbocycles. The van der Waals surface area contributed by atoms with E-state index < -0.39 is 3.25 Å². The number of benzene rings is 2. The summed E-state index contributed by atoms with van der Waals surface area (Å²) in [5.74, 6) is 0.648. The molecule has 2 rings (SSSR count). The van der Waals surface area contributed by atoms with Crippen LogP contribution in [-0.2, 0) is 5.33 Å². The molecule has 0 aliphatic carbocycles. The van der Waals surface area contributed by atoms with E-state index in [2.05, 4.69) is 15.9 Å². The lowest BCUT2D eigenvalue weighted by atomic mass is 10.2. The molecule has 0 saturated heterocycles. The SMILES string of the molecule is Cc1ccc(O)cc1.ClC(Cl)(Cl)Cl.Oc1ccc(CBr)cc1. The van der Waals surface area contributed by atoms with Gasteiger partial charge in [-0.25, -0.2) is 0 Å². The molecule has 0 spiro atoms. The molecule has 0 fully saturated rings. The topological polar surface area (TPSA) is 40.5 Å². The van der Waals surface area contributed by atoms with Crippen LogP contribution in [0.5, 0.6) is 11.5 Å². The summed E-state index contributed by atoms with van der Waals surface area (Å²) in [6, 6.07) is 14.2. The molecule has 0 aliphatic rings. The molecule has 22 heavy (non-hydrogen) atoms. The van der Waals surface area contributed by atoms with Crippen LogP contribution in [0.3, 0.4) is 0 Å². The lowest BCUT2D eigenvalue weighted by Crippen LogP contribution is -1.81. The van der Waals surface area contributed by atoms with Crippen molar-refractivity contribution in [3.63, 3.8) is 0 Å². The lowest BCUT2D eigenvalue weighted by Gasteiger charge is -1.92. The Kier molecular flexibility index (Phi) is 11.1. The number of hydrogen-bond acceptors (Lipinski definition) is 2. The van der Waals surface area contributed by atoms with Gasteiger partial charge >= 0.3 is 0 Å². The smallest absolute Gasteiger partial charge is 0.266 e. The predicted molar refractivity (Wildman–Crippen MR) is 99.7 cm³/mol. The molecule has 7 heteroatoms. The Morgan fingerprint density at radius 1 is 0.818 bits per heavy atom. The molecule has 0 unspecified atom stereocenters. The lowest BCUT2D eigenvalue weighted by molar-refractivity contribution is 0.474. The third-order valence-electron chi connectivity index (χ3n) is 2.12. The number of aromatic hydroxyl groups is 2. The fourth-order valence-corrected chi connectivity index (χ4v) is 1.50. The Morgan fingerprint density at radius 3 is 1.41 bits per heavy atom. The zero-order chi connectivity index (χ0) is 17.2. The van der Waals surface area contributed by atoms with Crippen LogP contribution in [0, 0.1) is 6.92 Å². The summed E-state index contributed by atoms with van der Waals surface area (Å²) in [7, 11) is 0. The van der Waals surface area contributed by atoms with Crippen LogP contribution in [0.1, 0.15) is 11.1 Å². The summed E-state index contributed by atoms with van der Waals surface area (Å²) in [5.41, 5.74) is 2.34. The van der Waals surface area contributed by atoms with Crippen molar-refractivity contribution in [3.05, 3.63) is 59.7 Å². The predicted octanol–water partition coefficient (Wildman–Crippen LogP) is 6.54. The first-order valence-electron chi connectivity index (χ1n) is 5.97. The van der Waals surface area contributed by atoms with Crippen molar-refractivity contribution in [1.82, 2.24) is 0 Å². The molecule has 0 atom stereocenters. The fourth-order valence-electron chi connectivity index (χ4n) is 1.13. The van der Waals surface area contributed by atoms with Gasteiger partial charge in [0.1, 0.15) is 11.5 Å². The summed E-state index contributed by atoms with van der Waals surface area (Å²) in [5, 5.41) is 18.4. The van der Waals surface area contributed by atoms with Crippen LogP contribution in [-0.4, -0.2) is 13.5 Å². The van der Waals surface area contributed by atoms with Crippen LogP contribution in [0.25, 0.3) is 0 Å². The van der Waals surface area contributed by atoms with Gasteiger partial charge in [0.2, 0.25) is 0 Å². The first kappa shape index (κ1) is 21.7. The molecule has 0 aromatic heterocycles. The van der Waals surface area contributed by atoms with Gasteiger partial charge in [0.05, 0.1) is 0 Å². The Hall–Kier alpha value is -0.320. The van der Waals surface area contributed by atoms with Crippen molar-refractivity contribution in [1.29, 1.82) is 0 Å². The Morgan fingerprint density at radius 2 is 1.14 bits per heavy atom. The van der Waals surface area contributed by atoms with E-state index in [1.807, 2.05) is 31.2 Å². The quantitative estimate of drug-likeness (QED) is 0.486. The average Bonchev–Trinajstić information content (AvgIpc) is 2.42. The number of phenolic OH excluding ortho intramolecular Hbond substituents is 2. The molecule has 2 aromatic rings. The van der Waals surface area contributed by atoms with E-state index in [-0.39, 0.29) is 0 Å². The number of hydrogen-bond donors (Lipinski definition) is 2. The third-order valence-corrected chi connectivity index (χ3v) is 2.77. The largest absolute Gasteiger partial charge is 0.508 e. The van der Waals surface area contributed by atoms with Crippen LogP contribution in [0.4, 0.5) is 0 Å². The maximum atomic E-state index is 8.84. The van der Waals surface area contributed by atoms with Gasteiger partial charge in [-0.05, 0) is 36.8 Å². The summed E-state index contributed by atoms with van der Waals surface area (Å²) >= 11 is 22.6. The molecule has 0 heterocycles. The zero-order valence-corrected chi connectivity index (χ0v) is 16.2. The van der Waals surface area contributed by atoms with E-state index in [0.29, 0.717) is 11.5 Å². The summed E-state index contributed by atoms with van der Waals surface area (Å²) in [6.07, 6.45) is 0. The second-order valence-electron chi connectivity index (χ2n) is 4.06. The van der Waals surface area contributed by atoms with Crippen molar-refractivity contribution in [3.8, 4) is 11.5 Å². The van der Waals surface area contributed by atoms with Gasteiger partial charge in [-0.2, -0.15) is 0 Å². The van der Waals surface area contributed by atoms with Crippen molar-refractivity contribution >= 4 is 62.3 Å². The minimum absolute atomic E-state index is 0.319. The zero-order valence-electron chi connectivity index (χ0n) is 11.6. The van der Waals surface area contributed by atoms with Gasteiger partial charge in [0, 0.05) is 5.33 Å². The van der Waals surface area contributed by atoms with Crippen molar-refractivity contribution in [2.45, 2.75) is 15.5 Å². The molecule has 122 valence electrons. The second kappa shape index (κ2) is 11.3. The van der Waals surface area contributed by atoms with Crippen molar-refractivity contribution in [2.75, 3.05) is 0 Å². The monoisotopic (exact) mass is 446 g/mol. The number of phenols is 2. The molecule has 0 aliphatic heterocycles. The average molecular weight is 449 g/mol. The van der Waals surface area contributed by atoms with E-state index in [0.717, 1.165) is 5.33 Å². The summed E-state index contributed by atoms with van der Waals surface area (Å²) < 4.78 is -1.61. The van der Waals surface area contributed by atoms with Crippen molar-refractivity contribution in [2.24, 2.45) is 0 Å². The van der Waals surface area contributed by atoms with Crippen LogP contribution >= 0.6 is 62.3 Å². The van der Waals surface area contributed by atoms with Gasteiger partial charge in [0.15, 0.2) is 0 Å². The van der Waals surface area contributed by atoms with Crippen LogP contribution in [0.2, 0.25) is 0 Å². The highest BCUT2D eigenvalue weighted by molar-refractivity contribution is 9.08. The molecule has 2 N–H and O–H groups in total. The normalized spacial score (nSPS) is 9.91.